The summed E-state index contributed by atoms with van der Waals surface area (Å²) in [6.07, 6.45) is 0.772. The lowest BCUT2D eigenvalue weighted by molar-refractivity contribution is 0.0303. The highest BCUT2D eigenvalue weighted by Gasteiger charge is 2.29. The molecule has 0 saturated carbocycles. The number of ether oxygens (including phenoxy) is 2. The van der Waals surface area contributed by atoms with E-state index < -0.39 is 18.3 Å². The molecule has 0 unspecified atom stereocenters. The standard InChI is InChI=1S/C18H19ClF3N5O3/c1-23-15-12(20)9-24-18(25-15)27(17(21)22)13-8-11(19)10(7-14(13)29-2)16(28)26-3-5-30-6-4-26/h7-9,17H,3-6H2,1-2H3,(H,23,24,25). The van der Waals surface area contributed by atoms with Gasteiger partial charge in [-0.15, -0.1) is 0 Å². The Morgan fingerprint density at radius 3 is 2.67 bits per heavy atom. The number of rotatable bonds is 6. The molecule has 1 aliphatic heterocycles. The van der Waals surface area contributed by atoms with Crippen molar-refractivity contribution in [3.8, 4) is 5.75 Å². The zero-order valence-electron chi connectivity index (χ0n) is 16.2. The van der Waals surface area contributed by atoms with Crippen LogP contribution in [-0.4, -0.2) is 67.8 Å². The average Bonchev–Trinajstić information content (AvgIpc) is 2.75. The quantitative estimate of drug-likeness (QED) is 0.684. The van der Waals surface area contributed by atoms with E-state index in [1.165, 1.54) is 26.3 Å². The predicted octanol–water partition coefficient (Wildman–Crippen LogP) is 3.15. The van der Waals surface area contributed by atoms with Gasteiger partial charge >= 0.3 is 6.55 Å². The van der Waals surface area contributed by atoms with Gasteiger partial charge in [0.05, 0.1) is 42.8 Å². The van der Waals surface area contributed by atoms with Crippen molar-refractivity contribution in [3.05, 3.63) is 34.7 Å². The molecule has 1 saturated heterocycles. The fourth-order valence-electron chi connectivity index (χ4n) is 2.94. The Kier molecular flexibility index (Phi) is 6.83. The van der Waals surface area contributed by atoms with Crippen LogP contribution in [0.4, 0.5) is 30.6 Å². The molecule has 1 fully saturated rings. The smallest absolute Gasteiger partial charge is 0.321 e. The first-order chi connectivity index (χ1) is 14.4. The maximum atomic E-state index is 13.9. The second-order valence-electron chi connectivity index (χ2n) is 6.17. The maximum absolute atomic E-state index is 13.9. The van der Waals surface area contributed by atoms with Crippen molar-refractivity contribution >= 4 is 35.0 Å². The molecule has 1 aliphatic rings. The van der Waals surface area contributed by atoms with Crippen LogP contribution in [0.5, 0.6) is 5.75 Å². The van der Waals surface area contributed by atoms with Gasteiger partial charge in [0.25, 0.3) is 5.91 Å². The van der Waals surface area contributed by atoms with Gasteiger partial charge in [0.2, 0.25) is 5.95 Å². The predicted molar refractivity (Wildman–Crippen MR) is 104 cm³/mol. The van der Waals surface area contributed by atoms with Gasteiger partial charge in [0.1, 0.15) is 5.75 Å². The molecule has 0 bridgehead atoms. The highest BCUT2D eigenvalue weighted by Crippen LogP contribution is 2.39. The first-order valence-corrected chi connectivity index (χ1v) is 9.27. The summed E-state index contributed by atoms with van der Waals surface area (Å²) in [5.41, 5.74) is -0.0750. The number of benzene rings is 1. The normalized spacial score (nSPS) is 14.0. The molecule has 8 nitrogen and oxygen atoms in total. The number of amides is 1. The summed E-state index contributed by atoms with van der Waals surface area (Å²) in [6, 6.07) is 2.46. The third kappa shape index (κ3) is 4.36. The molecule has 30 heavy (non-hydrogen) atoms. The zero-order valence-corrected chi connectivity index (χ0v) is 16.9. The van der Waals surface area contributed by atoms with E-state index in [1.54, 1.807) is 4.90 Å². The van der Waals surface area contributed by atoms with Crippen molar-refractivity contribution in [2.75, 3.05) is 50.7 Å². The number of nitrogens with zero attached hydrogens (tertiary/aromatic N) is 4. The van der Waals surface area contributed by atoms with Crippen molar-refractivity contribution < 1.29 is 27.4 Å². The van der Waals surface area contributed by atoms with Crippen molar-refractivity contribution in [1.82, 2.24) is 14.9 Å². The molecule has 2 aromatic rings. The summed E-state index contributed by atoms with van der Waals surface area (Å²) >= 11 is 6.27. The fourth-order valence-corrected chi connectivity index (χ4v) is 3.18. The molecule has 0 atom stereocenters. The highest BCUT2D eigenvalue weighted by molar-refractivity contribution is 6.34. The molecular weight excluding hydrogens is 427 g/mol. The summed E-state index contributed by atoms with van der Waals surface area (Å²) in [7, 11) is 2.66. The van der Waals surface area contributed by atoms with Gasteiger partial charge in [-0.1, -0.05) is 11.6 Å². The van der Waals surface area contributed by atoms with Crippen LogP contribution in [0, 0.1) is 5.82 Å². The first kappa shape index (κ1) is 21.9. The number of morpholine rings is 1. The number of carbonyl (C=O) groups is 1. The number of hydrogen-bond acceptors (Lipinski definition) is 7. The first-order valence-electron chi connectivity index (χ1n) is 8.89. The van der Waals surface area contributed by atoms with Crippen LogP contribution in [0.2, 0.25) is 5.02 Å². The van der Waals surface area contributed by atoms with Crippen LogP contribution >= 0.6 is 11.6 Å². The van der Waals surface area contributed by atoms with Crippen molar-refractivity contribution in [3.63, 3.8) is 0 Å². The minimum absolute atomic E-state index is 0.0461. The van der Waals surface area contributed by atoms with Crippen molar-refractivity contribution in [2.45, 2.75) is 6.55 Å². The summed E-state index contributed by atoms with van der Waals surface area (Å²) in [5, 5.41) is 2.41. The van der Waals surface area contributed by atoms with Crippen LogP contribution < -0.4 is 15.0 Å². The lowest BCUT2D eigenvalue weighted by Crippen LogP contribution is -2.40. The number of alkyl halides is 2. The van der Waals surface area contributed by atoms with Crippen LogP contribution in [-0.2, 0) is 4.74 Å². The largest absolute Gasteiger partial charge is 0.495 e. The molecule has 1 aromatic carbocycles. The van der Waals surface area contributed by atoms with Crippen LogP contribution in [0.3, 0.4) is 0 Å². The van der Waals surface area contributed by atoms with Crippen molar-refractivity contribution in [1.29, 1.82) is 0 Å². The third-order valence-electron chi connectivity index (χ3n) is 4.44. The Balaban J connectivity index is 2.05. The molecule has 0 radical (unpaired) electrons. The van der Waals surface area contributed by atoms with E-state index in [9.17, 15) is 18.0 Å². The van der Waals surface area contributed by atoms with Crippen LogP contribution in [0.25, 0.3) is 0 Å². The molecule has 1 N–H and O–H groups in total. The van der Waals surface area contributed by atoms with E-state index in [0.717, 1.165) is 6.20 Å². The molecule has 162 valence electrons. The molecular formula is C18H19ClF3N5O3. The Hall–Kier alpha value is -2.79. The number of aromatic nitrogens is 2. The number of halogens is 4. The van der Waals surface area contributed by atoms with Gasteiger partial charge in [-0.05, 0) is 12.1 Å². The third-order valence-corrected chi connectivity index (χ3v) is 4.75. The van der Waals surface area contributed by atoms with E-state index in [-0.39, 0.29) is 33.7 Å². The molecule has 0 spiro atoms. The van der Waals surface area contributed by atoms with Gasteiger partial charge in [-0.25, -0.2) is 14.3 Å². The Labute approximate surface area is 175 Å². The minimum Gasteiger partial charge on any atom is -0.495 e. The molecule has 3 rings (SSSR count). The summed E-state index contributed by atoms with van der Waals surface area (Å²) in [5.74, 6) is -1.94. The summed E-state index contributed by atoms with van der Waals surface area (Å²) < 4.78 is 52.0. The van der Waals surface area contributed by atoms with Gasteiger partial charge < -0.3 is 19.7 Å². The number of methoxy groups -OCH3 is 1. The summed E-state index contributed by atoms with van der Waals surface area (Å²) in [4.78, 5) is 22.2. The van der Waals surface area contributed by atoms with Crippen molar-refractivity contribution in [2.24, 2.45) is 0 Å². The SMILES string of the molecule is CNc1nc(N(c2cc(Cl)c(C(=O)N3CCOCC3)cc2OC)C(F)F)ncc1F. The lowest BCUT2D eigenvalue weighted by Gasteiger charge is -2.28. The van der Waals surface area contributed by atoms with Gasteiger partial charge in [0.15, 0.2) is 11.6 Å². The molecule has 1 amide bonds. The molecule has 0 aliphatic carbocycles. The second kappa shape index (κ2) is 9.35. The van der Waals surface area contributed by atoms with Crippen LogP contribution in [0.15, 0.2) is 18.3 Å². The lowest BCUT2D eigenvalue weighted by atomic mass is 10.1. The van der Waals surface area contributed by atoms with E-state index in [2.05, 4.69) is 15.3 Å². The number of nitrogens with one attached hydrogen (secondary N) is 1. The fraction of sp³-hybridized carbons (Fsp3) is 0.389. The Morgan fingerprint density at radius 1 is 1.37 bits per heavy atom. The van der Waals surface area contributed by atoms with Crippen LogP contribution in [0.1, 0.15) is 10.4 Å². The highest BCUT2D eigenvalue weighted by atomic mass is 35.5. The number of carbonyl (C=O) groups excluding carboxylic acids is 1. The average molecular weight is 446 g/mol. The number of hydrogen-bond donors (Lipinski definition) is 1. The molecule has 1 aromatic heterocycles. The number of anilines is 3. The van der Waals surface area contributed by atoms with E-state index in [0.29, 0.717) is 31.2 Å². The molecule has 12 heteroatoms. The minimum atomic E-state index is -3.11. The van der Waals surface area contributed by atoms with Gasteiger partial charge in [0, 0.05) is 20.1 Å². The van der Waals surface area contributed by atoms with E-state index in [1.807, 2.05) is 0 Å². The Morgan fingerprint density at radius 2 is 2.07 bits per heavy atom. The monoisotopic (exact) mass is 445 g/mol. The summed E-state index contributed by atoms with van der Waals surface area (Å²) in [6.45, 7) is -1.54. The maximum Gasteiger partial charge on any atom is 0.321 e. The van der Waals surface area contributed by atoms with Gasteiger partial charge in [-0.2, -0.15) is 13.8 Å². The Bertz CT molecular complexity index is 928. The second-order valence-corrected chi connectivity index (χ2v) is 6.58. The zero-order chi connectivity index (χ0) is 21.8. The van der Waals surface area contributed by atoms with Gasteiger partial charge in [-0.3, -0.25) is 4.79 Å². The topological polar surface area (TPSA) is 79.8 Å². The molecule has 2 heterocycles. The van der Waals surface area contributed by atoms with E-state index >= 15 is 0 Å². The van der Waals surface area contributed by atoms with E-state index in [4.69, 9.17) is 21.1 Å².